The first-order chi connectivity index (χ1) is 5.87. The fourth-order valence-corrected chi connectivity index (χ4v) is 1.94. The fourth-order valence-electron chi connectivity index (χ4n) is 1.21. The molecule has 1 N–H and O–H groups in total. The third-order valence-electron chi connectivity index (χ3n) is 1.51. The quantitative estimate of drug-likeness (QED) is 0.790. The Morgan fingerprint density at radius 3 is 2.23 bits per heavy atom. The number of aromatic nitrogens is 1. The number of anilines is 1. The molecule has 0 aliphatic heterocycles. The molecule has 1 heterocycles. The predicted octanol–water partition coefficient (Wildman–Crippen LogP) is 2.72. The van der Waals surface area contributed by atoms with Crippen LogP contribution >= 0.6 is 10.2 Å². The van der Waals surface area contributed by atoms with Gasteiger partial charge >= 0.3 is 0 Å². The van der Waals surface area contributed by atoms with Crippen molar-refractivity contribution < 1.29 is 0 Å². The Balaban J connectivity index is 2.90. The Hall–Kier alpha value is -0.700. The highest BCUT2D eigenvalue weighted by molar-refractivity contribution is 8.33. The topological polar surface area (TPSA) is 24.9 Å². The standard InChI is InChI=1S/C10H18N2S/c1-8-6-9(2)11-10(7-8)12-13(3,4)5/h6-7H,1-5H3,(H,11,12). The highest BCUT2D eigenvalue weighted by Crippen LogP contribution is 2.34. The smallest absolute Gasteiger partial charge is 0.135 e. The second-order valence-electron chi connectivity index (χ2n) is 4.11. The summed E-state index contributed by atoms with van der Waals surface area (Å²) in [5, 5.41) is 0. The molecule has 74 valence electrons. The molecule has 2 nitrogen and oxygen atoms in total. The molecule has 3 heteroatoms. The van der Waals surface area contributed by atoms with E-state index in [-0.39, 0.29) is 0 Å². The van der Waals surface area contributed by atoms with Gasteiger partial charge in [0.1, 0.15) is 5.82 Å². The van der Waals surface area contributed by atoms with Crippen LogP contribution < -0.4 is 4.72 Å². The summed E-state index contributed by atoms with van der Waals surface area (Å²) in [5.41, 5.74) is 2.34. The van der Waals surface area contributed by atoms with Crippen LogP contribution in [0.15, 0.2) is 12.1 Å². The molecule has 0 aromatic carbocycles. The second-order valence-corrected chi connectivity index (χ2v) is 7.99. The molecule has 1 rings (SSSR count). The van der Waals surface area contributed by atoms with E-state index in [1.807, 2.05) is 6.92 Å². The molecule has 0 unspecified atom stereocenters. The first-order valence-electron chi connectivity index (χ1n) is 4.28. The number of hydrogen-bond acceptors (Lipinski definition) is 2. The third-order valence-corrected chi connectivity index (χ3v) is 2.33. The second kappa shape index (κ2) is 3.58. The van der Waals surface area contributed by atoms with Crippen molar-refractivity contribution in [1.29, 1.82) is 0 Å². The van der Waals surface area contributed by atoms with Gasteiger partial charge in [-0.25, -0.2) is 4.98 Å². The van der Waals surface area contributed by atoms with Crippen molar-refractivity contribution in [3.05, 3.63) is 23.4 Å². The van der Waals surface area contributed by atoms with Gasteiger partial charge in [0.05, 0.1) is 0 Å². The zero-order valence-corrected chi connectivity index (χ0v) is 9.83. The van der Waals surface area contributed by atoms with E-state index >= 15 is 0 Å². The van der Waals surface area contributed by atoms with Gasteiger partial charge in [-0.15, -0.1) is 0 Å². The van der Waals surface area contributed by atoms with E-state index in [4.69, 9.17) is 0 Å². The Morgan fingerprint density at radius 2 is 1.77 bits per heavy atom. The third kappa shape index (κ3) is 3.68. The highest BCUT2D eigenvalue weighted by Gasteiger charge is 2.04. The monoisotopic (exact) mass is 198 g/mol. The summed E-state index contributed by atoms with van der Waals surface area (Å²) in [6.07, 6.45) is 6.64. The van der Waals surface area contributed by atoms with Crippen molar-refractivity contribution in [3.8, 4) is 0 Å². The van der Waals surface area contributed by atoms with Crippen LogP contribution in [-0.2, 0) is 0 Å². The van der Waals surface area contributed by atoms with E-state index in [1.165, 1.54) is 5.56 Å². The Morgan fingerprint density at radius 1 is 1.15 bits per heavy atom. The SMILES string of the molecule is Cc1cc(C)nc(NS(C)(C)C)c1. The number of rotatable bonds is 2. The number of nitrogens with zero attached hydrogens (tertiary/aromatic N) is 1. The van der Waals surface area contributed by atoms with Crippen LogP contribution in [0.3, 0.4) is 0 Å². The summed E-state index contributed by atoms with van der Waals surface area (Å²) in [4.78, 5) is 4.43. The van der Waals surface area contributed by atoms with Gasteiger partial charge in [0.25, 0.3) is 0 Å². The minimum atomic E-state index is -0.723. The molecular formula is C10H18N2S. The molecule has 0 amide bonds. The molecule has 0 radical (unpaired) electrons. The maximum atomic E-state index is 4.43. The van der Waals surface area contributed by atoms with Gasteiger partial charge in [0.2, 0.25) is 0 Å². The molecule has 1 aromatic rings. The molecule has 1 aromatic heterocycles. The minimum absolute atomic E-state index is 0.723. The fraction of sp³-hybridized carbons (Fsp3) is 0.500. The predicted molar refractivity (Wildman–Crippen MR) is 62.7 cm³/mol. The lowest BCUT2D eigenvalue weighted by Crippen LogP contribution is -2.07. The summed E-state index contributed by atoms with van der Waals surface area (Å²) in [6.45, 7) is 4.12. The van der Waals surface area contributed by atoms with E-state index in [1.54, 1.807) is 0 Å². The van der Waals surface area contributed by atoms with Crippen LogP contribution in [0.2, 0.25) is 0 Å². The van der Waals surface area contributed by atoms with Gasteiger partial charge in [0.15, 0.2) is 0 Å². The van der Waals surface area contributed by atoms with Crippen molar-refractivity contribution in [2.24, 2.45) is 0 Å². The summed E-state index contributed by atoms with van der Waals surface area (Å²) < 4.78 is 3.44. The maximum Gasteiger partial charge on any atom is 0.135 e. The number of pyridine rings is 1. The van der Waals surface area contributed by atoms with Crippen molar-refractivity contribution in [2.45, 2.75) is 13.8 Å². The van der Waals surface area contributed by atoms with Gasteiger partial charge in [-0.3, -0.25) is 0 Å². The minimum Gasteiger partial charge on any atom is -0.333 e. The molecule has 13 heavy (non-hydrogen) atoms. The molecule has 0 bridgehead atoms. The summed E-state index contributed by atoms with van der Waals surface area (Å²) in [5.74, 6) is 1.00. The highest BCUT2D eigenvalue weighted by atomic mass is 32.3. The lowest BCUT2D eigenvalue weighted by atomic mass is 10.2. The summed E-state index contributed by atoms with van der Waals surface area (Å²) in [7, 11) is -0.723. The first kappa shape index (κ1) is 10.4. The molecule has 0 saturated heterocycles. The number of nitrogens with one attached hydrogen (secondary N) is 1. The number of hydrogen-bond donors (Lipinski definition) is 1. The average Bonchev–Trinajstić information content (AvgIpc) is 1.78. The molecule has 0 spiro atoms. The van der Waals surface area contributed by atoms with Crippen molar-refractivity contribution in [2.75, 3.05) is 23.5 Å². The lowest BCUT2D eigenvalue weighted by Gasteiger charge is -2.27. The van der Waals surface area contributed by atoms with Crippen molar-refractivity contribution >= 4 is 16.0 Å². The molecule has 0 fully saturated rings. The Kier molecular flexibility index (Phi) is 2.86. The van der Waals surface area contributed by atoms with Crippen molar-refractivity contribution in [3.63, 3.8) is 0 Å². The molecule has 0 aliphatic carbocycles. The zero-order valence-electron chi connectivity index (χ0n) is 9.01. The largest absolute Gasteiger partial charge is 0.333 e. The summed E-state index contributed by atoms with van der Waals surface area (Å²) >= 11 is 0. The van der Waals surface area contributed by atoms with Gasteiger partial charge in [0, 0.05) is 5.69 Å². The van der Waals surface area contributed by atoms with Crippen LogP contribution in [0.5, 0.6) is 0 Å². The van der Waals surface area contributed by atoms with Crippen LogP contribution in [0.25, 0.3) is 0 Å². The van der Waals surface area contributed by atoms with Crippen molar-refractivity contribution in [1.82, 2.24) is 4.98 Å². The summed E-state index contributed by atoms with van der Waals surface area (Å²) in [6, 6.07) is 4.18. The molecule has 0 atom stereocenters. The van der Waals surface area contributed by atoms with Gasteiger partial charge in [-0.2, -0.15) is 10.2 Å². The van der Waals surface area contributed by atoms with E-state index in [9.17, 15) is 0 Å². The maximum absolute atomic E-state index is 4.43. The van der Waals surface area contributed by atoms with E-state index in [2.05, 4.69) is 47.5 Å². The van der Waals surface area contributed by atoms with Gasteiger partial charge in [-0.05, 0) is 50.3 Å². The average molecular weight is 198 g/mol. The normalized spacial score (nSPS) is 12.7. The van der Waals surface area contributed by atoms with Crippen LogP contribution in [0.4, 0.5) is 5.82 Å². The van der Waals surface area contributed by atoms with Crippen LogP contribution in [0.1, 0.15) is 11.3 Å². The van der Waals surface area contributed by atoms with E-state index in [0.29, 0.717) is 0 Å². The van der Waals surface area contributed by atoms with Crippen LogP contribution in [0, 0.1) is 13.8 Å². The molecular weight excluding hydrogens is 180 g/mol. The number of aryl methyl sites for hydroxylation is 2. The van der Waals surface area contributed by atoms with Gasteiger partial charge in [-0.1, -0.05) is 0 Å². The Bertz CT molecular complexity index is 282. The molecule has 0 saturated carbocycles. The van der Waals surface area contributed by atoms with Crippen LogP contribution in [-0.4, -0.2) is 23.8 Å². The lowest BCUT2D eigenvalue weighted by molar-refractivity contribution is 1.19. The molecule has 0 aliphatic rings. The zero-order chi connectivity index (χ0) is 10.1. The first-order valence-corrected chi connectivity index (χ1v) is 7.14. The Labute approximate surface area is 82.2 Å². The van der Waals surface area contributed by atoms with E-state index in [0.717, 1.165) is 11.5 Å². The van der Waals surface area contributed by atoms with Gasteiger partial charge < -0.3 is 4.72 Å². The van der Waals surface area contributed by atoms with E-state index < -0.39 is 10.2 Å².